The largest absolute Gasteiger partial charge is 0.271 e. The number of hydrogen-bond acceptors (Lipinski definition) is 4. The van der Waals surface area contributed by atoms with Gasteiger partial charge >= 0.3 is 0 Å². The summed E-state index contributed by atoms with van der Waals surface area (Å²) in [7, 11) is -4.01. The Balaban J connectivity index is 1.87. The summed E-state index contributed by atoms with van der Waals surface area (Å²) in [6.45, 7) is 3.13. The first kappa shape index (κ1) is 22.2. The zero-order valence-corrected chi connectivity index (χ0v) is 17.9. The highest BCUT2D eigenvalue weighted by atomic mass is 32.2. The van der Waals surface area contributed by atoms with Crippen LogP contribution < -0.4 is 9.73 Å². The Labute approximate surface area is 181 Å². The smallest absolute Gasteiger partial charge is 0.264 e. The zero-order chi connectivity index (χ0) is 22.4. The van der Waals surface area contributed by atoms with Crippen LogP contribution in [0.3, 0.4) is 0 Å². The Kier molecular flexibility index (Phi) is 6.81. The average Bonchev–Trinajstić information content (AvgIpc) is 2.74. The van der Waals surface area contributed by atoms with Crippen LogP contribution >= 0.6 is 0 Å². The number of carbonyl (C=O) groups excluding carboxylic acids is 1. The van der Waals surface area contributed by atoms with E-state index in [4.69, 9.17) is 0 Å². The van der Waals surface area contributed by atoms with E-state index in [1.165, 1.54) is 30.5 Å². The van der Waals surface area contributed by atoms with Gasteiger partial charge in [0.2, 0.25) is 0 Å². The zero-order valence-electron chi connectivity index (χ0n) is 17.1. The molecule has 0 atom stereocenters. The van der Waals surface area contributed by atoms with Crippen molar-refractivity contribution in [3.8, 4) is 0 Å². The van der Waals surface area contributed by atoms with E-state index in [-0.39, 0.29) is 10.5 Å². The first-order chi connectivity index (χ1) is 14.8. The molecule has 0 heterocycles. The van der Waals surface area contributed by atoms with E-state index in [1.807, 2.05) is 6.92 Å². The maximum atomic E-state index is 13.7. The Bertz CT molecular complexity index is 1210. The molecule has 0 unspecified atom stereocenters. The van der Waals surface area contributed by atoms with Gasteiger partial charge in [-0.1, -0.05) is 54.1 Å². The molecule has 0 aliphatic rings. The van der Waals surface area contributed by atoms with E-state index in [1.54, 1.807) is 55.5 Å². The van der Waals surface area contributed by atoms with Crippen LogP contribution in [0.25, 0.3) is 0 Å². The highest BCUT2D eigenvalue weighted by Crippen LogP contribution is 2.26. The lowest BCUT2D eigenvalue weighted by Gasteiger charge is -2.25. The molecule has 3 aromatic carbocycles. The molecule has 1 N–H and O–H groups in total. The molecule has 0 aliphatic heterocycles. The lowest BCUT2D eigenvalue weighted by molar-refractivity contribution is -0.119. The molecular formula is C23H22FN3O3S. The van der Waals surface area contributed by atoms with Gasteiger partial charge in [-0.15, -0.1) is 0 Å². The molecule has 0 aromatic heterocycles. The van der Waals surface area contributed by atoms with Gasteiger partial charge in [-0.05, 0) is 43.7 Å². The number of halogens is 1. The molecule has 3 aromatic rings. The van der Waals surface area contributed by atoms with E-state index >= 15 is 0 Å². The van der Waals surface area contributed by atoms with Crippen molar-refractivity contribution in [2.45, 2.75) is 18.7 Å². The summed E-state index contributed by atoms with van der Waals surface area (Å²) >= 11 is 0. The van der Waals surface area contributed by atoms with Crippen LogP contribution in [0.5, 0.6) is 0 Å². The number of para-hydroxylation sites is 1. The predicted octanol–water partition coefficient (Wildman–Crippen LogP) is 3.79. The van der Waals surface area contributed by atoms with Crippen LogP contribution in [0.15, 0.2) is 82.8 Å². The van der Waals surface area contributed by atoms with Gasteiger partial charge < -0.3 is 0 Å². The minimum Gasteiger partial charge on any atom is -0.271 e. The second-order valence-electron chi connectivity index (χ2n) is 6.93. The standard InChI is InChI=1S/C23H22FN3O3S/c1-17-11-13-20(14-12-17)31(29,30)27(22-10-6-3-7-18(22)2)16-23(28)26-25-15-19-8-4-5-9-21(19)24/h3-15H,16H2,1-2H3,(H,26,28)/b25-15-. The van der Waals surface area contributed by atoms with Crippen molar-refractivity contribution in [2.75, 3.05) is 10.8 Å². The van der Waals surface area contributed by atoms with Crippen molar-refractivity contribution < 1.29 is 17.6 Å². The number of anilines is 1. The minimum atomic E-state index is -4.01. The number of benzene rings is 3. The van der Waals surface area contributed by atoms with Gasteiger partial charge in [-0.2, -0.15) is 5.10 Å². The van der Waals surface area contributed by atoms with Gasteiger partial charge in [0.1, 0.15) is 12.4 Å². The van der Waals surface area contributed by atoms with Crippen molar-refractivity contribution >= 4 is 27.8 Å². The predicted molar refractivity (Wildman–Crippen MR) is 119 cm³/mol. The Morgan fingerprint density at radius 1 is 1.00 bits per heavy atom. The summed E-state index contributed by atoms with van der Waals surface area (Å²) in [6.07, 6.45) is 1.17. The number of nitrogens with zero attached hydrogens (tertiary/aromatic N) is 2. The molecule has 6 nitrogen and oxygen atoms in total. The van der Waals surface area contributed by atoms with Crippen LogP contribution in [0.4, 0.5) is 10.1 Å². The van der Waals surface area contributed by atoms with Gasteiger partial charge in [-0.25, -0.2) is 18.2 Å². The van der Waals surface area contributed by atoms with E-state index in [0.717, 1.165) is 9.87 Å². The van der Waals surface area contributed by atoms with Crippen molar-refractivity contribution in [3.05, 3.63) is 95.3 Å². The molecule has 0 fully saturated rings. The van der Waals surface area contributed by atoms with Gasteiger partial charge in [0.15, 0.2) is 0 Å². The maximum Gasteiger partial charge on any atom is 0.264 e. The first-order valence-electron chi connectivity index (χ1n) is 9.50. The number of rotatable bonds is 7. The van der Waals surface area contributed by atoms with Crippen molar-refractivity contribution in [1.82, 2.24) is 5.43 Å². The summed E-state index contributed by atoms with van der Waals surface area (Å²) < 4.78 is 41.4. The van der Waals surface area contributed by atoms with Crippen LogP contribution in [0.1, 0.15) is 16.7 Å². The van der Waals surface area contributed by atoms with Crippen LogP contribution in [0.2, 0.25) is 0 Å². The Morgan fingerprint density at radius 2 is 1.65 bits per heavy atom. The molecule has 0 bridgehead atoms. The second kappa shape index (κ2) is 9.53. The molecule has 0 radical (unpaired) electrons. The van der Waals surface area contributed by atoms with Crippen molar-refractivity contribution in [2.24, 2.45) is 5.10 Å². The highest BCUT2D eigenvalue weighted by Gasteiger charge is 2.28. The van der Waals surface area contributed by atoms with E-state index in [0.29, 0.717) is 11.3 Å². The maximum absolute atomic E-state index is 13.7. The molecule has 8 heteroatoms. The molecule has 0 spiro atoms. The highest BCUT2D eigenvalue weighted by molar-refractivity contribution is 7.92. The average molecular weight is 440 g/mol. The van der Waals surface area contributed by atoms with E-state index < -0.39 is 28.3 Å². The summed E-state index contributed by atoms with van der Waals surface area (Å²) in [5.41, 5.74) is 4.47. The van der Waals surface area contributed by atoms with Crippen LogP contribution in [-0.4, -0.2) is 27.1 Å². The SMILES string of the molecule is Cc1ccc(S(=O)(=O)N(CC(=O)N/N=C\c2ccccc2F)c2ccccc2C)cc1. The number of aryl methyl sites for hydroxylation is 2. The lowest BCUT2D eigenvalue weighted by atomic mass is 10.2. The Hall–Kier alpha value is -3.52. The molecule has 0 aliphatic carbocycles. The van der Waals surface area contributed by atoms with Crippen molar-refractivity contribution in [3.63, 3.8) is 0 Å². The van der Waals surface area contributed by atoms with Gasteiger partial charge in [0, 0.05) is 5.56 Å². The molecular weight excluding hydrogens is 417 g/mol. The molecule has 160 valence electrons. The summed E-state index contributed by atoms with van der Waals surface area (Å²) in [5, 5.41) is 3.75. The third-order valence-electron chi connectivity index (χ3n) is 4.58. The fraction of sp³-hybridized carbons (Fsp3) is 0.130. The minimum absolute atomic E-state index is 0.0732. The van der Waals surface area contributed by atoms with Gasteiger partial charge in [-0.3, -0.25) is 9.10 Å². The molecule has 0 saturated heterocycles. The van der Waals surface area contributed by atoms with E-state index in [2.05, 4.69) is 10.5 Å². The number of carbonyl (C=O) groups is 1. The second-order valence-corrected chi connectivity index (χ2v) is 8.79. The molecule has 31 heavy (non-hydrogen) atoms. The number of nitrogens with one attached hydrogen (secondary N) is 1. The summed E-state index contributed by atoms with van der Waals surface area (Å²) in [6, 6.07) is 19.3. The third-order valence-corrected chi connectivity index (χ3v) is 6.35. The number of sulfonamides is 1. The topological polar surface area (TPSA) is 78.8 Å². The lowest BCUT2D eigenvalue weighted by Crippen LogP contribution is -2.40. The molecule has 0 saturated carbocycles. The van der Waals surface area contributed by atoms with Gasteiger partial charge in [0.05, 0.1) is 16.8 Å². The first-order valence-corrected chi connectivity index (χ1v) is 10.9. The van der Waals surface area contributed by atoms with Crippen LogP contribution in [-0.2, 0) is 14.8 Å². The number of hydrogen-bond donors (Lipinski definition) is 1. The third kappa shape index (κ3) is 5.35. The molecule has 3 rings (SSSR count). The Morgan fingerprint density at radius 3 is 2.32 bits per heavy atom. The number of amides is 1. The number of hydrazone groups is 1. The van der Waals surface area contributed by atoms with Crippen LogP contribution in [0, 0.1) is 19.7 Å². The quantitative estimate of drug-likeness (QED) is 0.449. The summed E-state index contributed by atoms with van der Waals surface area (Å²) in [5.74, 6) is -1.14. The fourth-order valence-corrected chi connectivity index (χ4v) is 4.39. The van der Waals surface area contributed by atoms with E-state index in [9.17, 15) is 17.6 Å². The monoisotopic (exact) mass is 439 g/mol. The fourth-order valence-electron chi connectivity index (χ4n) is 2.90. The normalized spacial score (nSPS) is 11.5. The summed E-state index contributed by atoms with van der Waals surface area (Å²) in [4.78, 5) is 12.6. The molecule has 1 amide bonds. The van der Waals surface area contributed by atoms with Crippen molar-refractivity contribution in [1.29, 1.82) is 0 Å². The van der Waals surface area contributed by atoms with Gasteiger partial charge in [0.25, 0.3) is 15.9 Å².